The van der Waals surface area contributed by atoms with Crippen molar-refractivity contribution in [1.29, 1.82) is 0 Å². The lowest BCUT2D eigenvalue weighted by Gasteiger charge is -2.21. The van der Waals surface area contributed by atoms with E-state index in [-0.39, 0.29) is 12.7 Å². The van der Waals surface area contributed by atoms with E-state index in [2.05, 4.69) is 6.07 Å². The first-order valence-corrected chi connectivity index (χ1v) is 12.5. The minimum atomic E-state index is -0.565. The van der Waals surface area contributed by atoms with Crippen LogP contribution in [0.1, 0.15) is 22.8 Å². The van der Waals surface area contributed by atoms with Gasteiger partial charge in [-0.05, 0) is 52.4 Å². The van der Waals surface area contributed by atoms with Crippen molar-refractivity contribution in [3.05, 3.63) is 113 Å². The van der Waals surface area contributed by atoms with Gasteiger partial charge in [0.1, 0.15) is 11.9 Å². The highest BCUT2D eigenvalue weighted by atomic mass is 35.5. The molecule has 0 amide bonds. The molecule has 0 radical (unpaired) electrons. The molecule has 170 valence electrons. The van der Waals surface area contributed by atoms with Gasteiger partial charge in [0.15, 0.2) is 0 Å². The lowest BCUT2D eigenvalue weighted by Crippen LogP contribution is -2.21. The van der Waals surface area contributed by atoms with Crippen molar-refractivity contribution >= 4 is 34.1 Å². The lowest BCUT2D eigenvalue weighted by atomic mass is 10.0. The Bertz CT molecular complexity index is 1160. The SMILES string of the molecule is Oc1cccc2c(CCSCC(O)COC(c3ccccc3)c3ccc(Cl)cc3)cccc12. The molecule has 0 heterocycles. The number of hydrogen-bond acceptors (Lipinski definition) is 4. The van der Waals surface area contributed by atoms with Gasteiger partial charge in [-0.15, -0.1) is 0 Å². The third-order valence-electron chi connectivity index (χ3n) is 5.55. The fourth-order valence-corrected chi connectivity index (χ4v) is 4.91. The van der Waals surface area contributed by atoms with E-state index in [0.29, 0.717) is 16.5 Å². The molecule has 3 nitrogen and oxygen atoms in total. The molecule has 0 aliphatic carbocycles. The zero-order chi connectivity index (χ0) is 23.0. The second kappa shape index (κ2) is 11.6. The van der Waals surface area contributed by atoms with E-state index in [9.17, 15) is 10.2 Å². The number of phenols is 1. The highest BCUT2D eigenvalue weighted by Gasteiger charge is 2.17. The summed E-state index contributed by atoms with van der Waals surface area (Å²) in [5, 5.41) is 23.2. The van der Waals surface area contributed by atoms with Crippen LogP contribution < -0.4 is 0 Å². The number of thioether (sulfide) groups is 1. The normalized spacial score (nSPS) is 13.2. The molecule has 0 saturated carbocycles. The van der Waals surface area contributed by atoms with Crippen LogP contribution in [0.3, 0.4) is 0 Å². The largest absolute Gasteiger partial charge is 0.507 e. The summed E-state index contributed by atoms with van der Waals surface area (Å²) in [5.41, 5.74) is 3.25. The number of aliphatic hydroxyl groups is 1. The van der Waals surface area contributed by atoms with Crippen molar-refractivity contribution in [1.82, 2.24) is 0 Å². The summed E-state index contributed by atoms with van der Waals surface area (Å²) in [7, 11) is 0. The average Bonchev–Trinajstić information content (AvgIpc) is 2.84. The molecule has 0 saturated heterocycles. The Balaban J connectivity index is 1.30. The van der Waals surface area contributed by atoms with Gasteiger partial charge in [-0.25, -0.2) is 0 Å². The Kier molecular flexibility index (Phi) is 8.30. The van der Waals surface area contributed by atoms with Crippen LogP contribution in [0.4, 0.5) is 0 Å². The van der Waals surface area contributed by atoms with E-state index >= 15 is 0 Å². The highest BCUT2D eigenvalue weighted by molar-refractivity contribution is 7.99. The Morgan fingerprint density at radius 3 is 2.27 bits per heavy atom. The van der Waals surface area contributed by atoms with Crippen LogP contribution in [0.5, 0.6) is 5.75 Å². The summed E-state index contributed by atoms with van der Waals surface area (Å²) in [4.78, 5) is 0. The molecule has 4 rings (SSSR count). The average molecular weight is 479 g/mol. The maximum atomic E-state index is 10.5. The number of benzene rings is 4. The van der Waals surface area contributed by atoms with Crippen molar-refractivity contribution in [3.63, 3.8) is 0 Å². The van der Waals surface area contributed by atoms with Gasteiger partial charge in [0.2, 0.25) is 0 Å². The molecule has 0 fully saturated rings. The Labute approximate surface area is 204 Å². The fourth-order valence-electron chi connectivity index (χ4n) is 3.88. The number of ether oxygens (including phenoxy) is 1. The van der Waals surface area contributed by atoms with Crippen molar-refractivity contribution in [3.8, 4) is 5.75 Å². The topological polar surface area (TPSA) is 49.7 Å². The van der Waals surface area contributed by atoms with Crippen LogP contribution in [0, 0.1) is 0 Å². The monoisotopic (exact) mass is 478 g/mol. The first-order chi connectivity index (χ1) is 16.1. The van der Waals surface area contributed by atoms with Crippen molar-refractivity contribution in [2.24, 2.45) is 0 Å². The van der Waals surface area contributed by atoms with Gasteiger partial charge < -0.3 is 14.9 Å². The smallest absolute Gasteiger partial charge is 0.123 e. The summed E-state index contributed by atoms with van der Waals surface area (Å²) in [5.74, 6) is 1.78. The predicted molar refractivity (Wildman–Crippen MR) is 138 cm³/mol. The third-order valence-corrected chi connectivity index (χ3v) is 6.91. The highest BCUT2D eigenvalue weighted by Crippen LogP contribution is 2.29. The van der Waals surface area contributed by atoms with Crippen molar-refractivity contribution in [2.75, 3.05) is 18.1 Å². The second-order valence-electron chi connectivity index (χ2n) is 7.94. The molecule has 4 aromatic rings. The molecule has 2 atom stereocenters. The van der Waals surface area contributed by atoms with Gasteiger partial charge in [0, 0.05) is 16.2 Å². The van der Waals surface area contributed by atoms with Crippen LogP contribution in [0.2, 0.25) is 5.02 Å². The van der Waals surface area contributed by atoms with Crippen LogP contribution in [0.25, 0.3) is 10.8 Å². The molecular weight excluding hydrogens is 452 g/mol. The molecule has 2 unspecified atom stereocenters. The minimum absolute atomic E-state index is 0.247. The molecule has 0 aliphatic heterocycles. The molecule has 0 bridgehead atoms. The molecule has 33 heavy (non-hydrogen) atoms. The Hall–Kier alpha value is -2.50. The standard InChI is InChI=1S/C28H27ClO3S/c29-23-14-12-22(13-15-23)28(21-6-2-1-3-7-21)32-18-24(30)19-33-17-16-20-8-4-10-26-25(20)9-5-11-27(26)31/h1-15,24,28,30-31H,16-19H2. The first-order valence-electron chi connectivity index (χ1n) is 11.0. The van der Waals surface area contributed by atoms with Gasteiger partial charge >= 0.3 is 0 Å². The molecule has 0 spiro atoms. The van der Waals surface area contributed by atoms with Crippen LogP contribution in [0.15, 0.2) is 91.0 Å². The van der Waals surface area contributed by atoms with Gasteiger partial charge in [0.25, 0.3) is 0 Å². The lowest BCUT2D eigenvalue weighted by molar-refractivity contribution is 0.0155. The van der Waals surface area contributed by atoms with Gasteiger partial charge in [-0.2, -0.15) is 11.8 Å². The summed E-state index contributed by atoms with van der Waals surface area (Å²) in [6.07, 6.45) is 0.0488. The molecular formula is C28H27ClO3S. The predicted octanol–water partition coefficient (Wildman–Crippen LogP) is 6.64. The fraction of sp³-hybridized carbons (Fsp3) is 0.214. The molecule has 5 heteroatoms. The maximum Gasteiger partial charge on any atom is 0.123 e. The van der Waals surface area contributed by atoms with E-state index < -0.39 is 6.10 Å². The number of aryl methyl sites for hydroxylation is 1. The molecule has 0 aliphatic rings. The summed E-state index contributed by atoms with van der Waals surface area (Å²) >= 11 is 7.75. The maximum absolute atomic E-state index is 10.5. The van der Waals surface area contributed by atoms with Gasteiger partial charge in [-0.3, -0.25) is 0 Å². The van der Waals surface area contributed by atoms with Crippen LogP contribution >= 0.6 is 23.4 Å². The number of fused-ring (bicyclic) bond motifs is 1. The summed E-state index contributed by atoms with van der Waals surface area (Å²) < 4.78 is 6.17. The summed E-state index contributed by atoms with van der Waals surface area (Å²) in [6, 6.07) is 29.3. The van der Waals surface area contributed by atoms with Crippen LogP contribution in [-0.2, 0) is 11.2 Å². The van der Waals surface area contributed by atoms with Crippen molar-refractivity contribution < 1.29 is 14.9 Å². The van der Waals surface area contributed by atoms with Gasteiger partial charge in [0.05, 0.1) is 12.7 Å². The zero-order valence-corrected chi connectivity index (χ0v) is 19.8. The van der Waals surface area contributed by atoms with E-state index in [1.54, 1.807) is 17.8 Å². The Morgan fingerprint density at radius 1 is 0.788 bits per heavy atom. The van der Waals surface area contributed by atoms with Gasteiger partial charge in [-0.1, -0.05) is 84.4 Å². The molecule has 0 aromatic heterocycles. The van der Waals surface area contributed by atoms with Crippen molar-refractivity contribution in [2.45, 2.75) is 18.6 Å². The number of phenolic OH excluding ortho intramolecular Hbond substituents is 1. The Morgan fingerprint density at radius 2 is 1.48 bits per heavy atom. The number of aromatic hydroxyl groups is 1. The van der Waals surface area contributed by atoms with E-state index in [1.807, 2.05) is 78.9 Å². The quantitative estimate of drug-likeness (QED) is 0.251. The second-order valence-corrected chi connectivity index (χ2v) is 9.53. The zero-order valence-electron chi connectivity index (χ0n) is 18.2. The molecule has 2 N–H and O–H groups in total. The minimum Gasteiger partial charge on any atom is -0.507 e. The van der Waals surface area contributed by atoms with E-state index in [4.69, 9.17) is 16.3 Å². The number of halogens is 1. The van der Waals surface area contributed by atoms with Crippen LogP contribution in [-0.4, -0.2) is 34.4 Å². The number of rotatable bonds is 10. The molecule has 4 aromatic carbocycles. The number of hydrogen-bond donors (Lipinski definition) is 2. The third kappa shape index (κ3) is 6.30. The van der Waals surface area contributed by atoms with E-state index in [0.717, 1.165) is 34.1 Å². The van der Waals surface area contributed by atoms with E-state index in [1.165, 1.54) is 5.56 Å². The summed E-state index contributed by atoms with van der Waals surface area (Å²) in [6.45, 7) is 0.247. The number of aliphatic hydroxyl groups excluding tert-OH is 1. The first kappa shape index (κ1) is 23.7.